The maximum Gasteiger partial charge on any atom is 0.191 e. The van der Waals surface area contributed by atoms with Crippen molar-refractivity contribution in [1.29, 1.82) is 0 Å². The zero-order valence-electron chi connectivity index (χ0n) is 18.6. The van der Waals surface area contributed by atoms with E-state index in [1.165, 1.54) is 24.7 Å². The van der Waals surface area contributed by atoms with Gasteiger partial charge < -0.3 is 15.4 Å². The molecule has 0 bridgehead atoms. The Morgan fingerprint density at radius 2 is 1.68 bits per heavy atom. The molecule has 0 aromatic heterocycles. The number of ether oxygens (including phenoxy) is 1. The minimum atomic E-state index is -3.02. The lowest BCUT2D eigenvalue weighted by molar-refractivity contribution is 0.207. The largest absolute Gasteiger partial charge is 0.490 e. The second kappa shape index (κ2) is 10.7. The molecule has 1 saturated carbocycles. The van der Waals surface area contributed by atoms with Crippen LogP contribution in [0.1, 0.15) is 47.9 Å². The van der Waals surface area contributed by atoms with E-state index < -0.39 is 9.84 Å². The highest BCUT2D eigenvalue weighted by Crippen LogP contribution is 2.27. The predicted octanol–water partition coefficient (Wildman–Crippen LogP) is 3.73. The summed E-state index contributed by atoms with van der Waals surface area (Å²) in [7, 11) is -1.28. The first-order valence-corrected chi connectivity index (χ1v) is 12.8. The topological polar surface area (TPSA) is 79.8 Å². The zero-order valence-corrected chi connectivity index (χ0v) is 19.5. The number of nitrogens with zero attached hydrogens (tertiary/aromatic N) is 1. The Morgan fingerprint density at radius 3 is 2.32 bits per heavy atom. The van der Waals surface area contributed by atoms with Crippen molar-refractivity contribution in [2.24, 2.45) is 4.99 Å². The van der Waals surface area contributed by atoms with E-state index >= 15 is 0 Å². The first-order chi connectivity index (χ1) is 14.8. The van der Waals surface area contributed by atoms with E-state index in [0.29, 0.717) is 25.2 Å². The average Bonchev–Trinajstić information content (AvgIpc) is 3.22. The van der Waals surface area contributed by atoms with Crippen molar-refractivity contribution in [2.45, 2.75) is 57.6 Å². The van der Waals surface area contributed by atoms with Gasteiger partial charge in [-0.05, 0) is 55.4 Å². The Balaban J connectivity index is 1.55. The van der Waals surface area contributed by atoms with Crippen LogP contribution >= 0.6 is 0 Å². The maximum absolute atomic E-state index is 11.4. The average molecular weight is 444 g/mol. The minimum absolute atomic E-state index is 0.0613. The smallest absolute Gasteiger partial charge is 0.191 e. The lowest BCUT2D eigenvalue weighted by Gasteiger charge is -2.18. The first-order valence-electron chi connectivity index (χ1n) is 10.8. The Morgan fingerprint density at radius 1 is 1.03 bits per heavy atom. The molecule has 7 heteroatoms. The van der Waals surface area contributed by atoms with Gasteiger partial charge in [0.15, 0.2) is 15.8 Å². The summed E-state index contributed by atoms with van der Waals surface area (Å²) in [6, 6.07) is 13.9. The third kappa shape index (κ3) is 7.58. The van der Waals surface area contributed by atoms with Gasteiger partial charge in [0.2, 0.25) is 0 Å². The fourth-order valence-corrected chi connectivity index (χ4v) is 4.54. The molecule has 6 nitrogen and oxygen atoms in total. The van der Waals surface area contributed by atoms with Gasteiger partial charge in [0.1, 0.15) is 5.75 Å². The van der Waals surface area contributed by atoms with Gasteiger partial charge in [-0.1, -0.05) is 36.4 Å². The first kappa shape index (κ1) is 23.1. The molecule has 0 unspecified atom stereocenters. The number of hydrogen-bond donors (Lipinski definition) is 2. The number of benzene rings is 2. The summed E-state index contributed by atoms with van der Waals surface area (Å²) in [6.07, 6.45) is 6.32. The van der Waals surface area contributed by atoms with Crippen LogP contribution in [0, 0.1) is 6.92 Å². The molecular weight excluding hydrogens is 410 g/mol. The monoisotopic (exact) mass is 443 g/mol. The summed E-state index contributed by atoms with van der Waals surface area (Å²) < 4.78 is 29.1. The van der Waals surface area contributed by atoms with Crippen LogP contribution < -0.4 is 15.4 Å². The molecule has 0 saturated heterocycles. The summed E-state index contributed by atoms with van der Waals surface area (Å²) in [6.45, 7) is 3.30. The molecule has 3 rings (SSSR count). The van der Waals surface area contributed by atoms with E-state index in [-0.39, 0.29) is 5.75 Å². The van der Waals surface area contributed by atoms with Gasteiger partial charge in [-0.3, -0.25) is 4.99 Å². The summed E-state index contributed by atoms with van der Waals surface area (Å²) >= 11 is 0. The number of guanidine groups is 1. The van der Waals surface area contributed by atoms with Gasteiger partial charge in [-0.2, -0.15) is 0 Å². The zero-order chi connectivity index (χ0) is 22.3. The van der Waals surface area contributed by atoms with Crippen LogP contribution in [0.15, 0.2) is 47.5 Å². The van der Waals surface area contributed by atoms with Crippen molar-refractivity contribution in [3.8, 4) is 5.75 Å². The van der Waals surface area contributed by atoms with Crippen LogP contribution in [0.4, 0.5) is 0 Å². The standard InChI is InChI=1S/C24H33N3O3S/c1-18-8-13-21(23(14-18)30-22-6-4-5-7-22)16-27-24(25-2)26-15-19-9-11-20(12-10-19)17-31(3,28)29/h8-14,22H,4-7,15-17H2,1-3H3,(H2,25,26,27). The molecule has 31 heavy (non-hydrogen) atoms. The van der Waals surface area contributed by atoms with Crippen molar-refractivity contribution in [1.82, 2.24) is 10.6 Å². The molecule has 2 aromatic rings. The van der Waals surface area contributed by atoms with E-state index in [2.05, 4.69) is 40.7 Å². The third-order valence-electron chi connectivity index (χ3n) is 5.40. The molecule has 0 heterocycles. The molecule has 2 N–H and O–H groups in total. The van der Waals surface area contributed by atoms with E-state index in [1.54, 1.807) is 7.05 Å². The van der Waals surface area contributed by atoms with E-state index in [4.69, 9.17) is 4.74 Å². The van der Waals surface area contributed by atoms with Crippen LogP contribution in [-0.4, -0.2) is 33.8 Å². The fourth-order valence-electron chi connectivity index (χ4n) is 3.74. The second-order valence-electron chi connectivity index (χ2n) is 8.30. The molecule has 168 valence electrons. The van der Waals surface area contributed by atoms with Gasteiger partial charge >= 0.3 is 0 Å². The molecule has 1 aliphatic carbocycles. The van der Waals surface area contributed by atoms with Crippen LogP contribution in [0.3, 0.4) is 0 Å². The number of aryl methyl sites for hydroxylation is 1. The van der Waals surface area contributed by atoms with Gasteiger partial charge in [0.25, 0.3) is 0 Å². The Kier molecular flexibility index (Phi) is 7.96. The normalized spacial score (nSPS) is 15.1. The minimum Gasteiger partial charge on any atom is -0.490 e. The van der Waals surface area contributed by atoms with E-state index in [9.17, 15) is 8.42 Å². The Bertz CT molecular complexity index is 995. The molecule has 0 spiro atoms. The summed E-state index contributed by atoms with van der Waals surface area (Å²) in [5.74, 6) is 1.72. The molecule has 2 aromatic carbocycles. The van der Waals surface area contributed by atoms with Crippen LogP contribution in [0.25, 0.3) is 0 Å². The summed E-state index contributed by atoms with van der Waals surface area (Å²) in [5, 5.41) is 6.67. The Hall–Kier alpha value is -2.54. The number of rotatable bonds is 8. The number of hydrogen-bond acceptors (Lipinski definition) is 4. The quantitative estimate of drug-likeness (QED) is 0.480. The van der Waals surface area contributed by atoms with Gasteiger partial charge in [0, 0.05) is 32.0 Å². The second-order valence-corrected chi connectivity index (χ2v) is 10.4. The lowest BCUT2D eigenvalue weighted by Crippen LogP contribution is -2.36. The maximum atomic E-state index is 11.4. The molecule has 1 fully saturated rings. The van der Waals surface area contributed by atoms with Crippen molar-refractivity contribution < 1.29 is 13.2 Å². The van der Waals surface area contributed by atoms with Crippen LogP contribution in [0.2, 0.25) is 0 Å². The van der Waals surface area contributed by atoms with Crippen molar-refractivity contribution >= 4 is 15.8 Å². The van der Waals surface area contributed by atoms with Crippen molar-refractivity contribution in [2.75, 3.05) is 13.3 Å². The highest BCUT2D eigenvalue weighted by molar-refractivity contribution is 7.89. The number of nitrogens with one attached hydrogen (secondary N) is 2. The fraction of sp³-hybridized carbons (Fsp3) is 0.458. The predicted molar refractivity (Wildman–Crippen MR) is 126 cm³/mol. The van der Waals surface area contributed by atoms with Gasteiger partial charge in [0.05, 0.1) is 11.9 Å². The summed E-state index contributed by atoms with van der Waals surface area (Å²) in [4.78, 5) is 4.31. The number of sulfone groups is 1. The van der Waals surface area contributed by atoms with Gasteiger partial charge in [-0.25, -0.2) is 8.42 Å². The van der Waals surface area contributed by atoms with E-state index in [0.717, 1.165) is 35.3 Å². The highest BCUT2D eigenvalue weighted by Gasteiger charge is 2.18. The summed E-state index contributed by atoms with van der Waals surface area (Å²) in [5.41, 5.74) is 4.16. The van der Waals surface area contributed by atoms with Crippen LogP contribution in [0.5, 0.6) is 5.75 Å². The third-order valence-corrected chi connectivity index (χ3v) is 6.26. The molecule has 1 aliphatic rings. The molecular formula is C24H33N3O3S. The Labute approximate surface area is 186 Å². The van der Waals surface area contributed by atoms with Crippen LogP contribution in [-0.2, 0) is 28.7 Å². The molecule has 0 radical (unpaired) electrons. The molecule has 0 amide bonds. The van der Waals surface area contributed by atoms with Crippen molar-refractivity contribution in [3.05, 3.63) is 64.7 Å². The highest BCUT2D eigenvalue weighted by atomic mass is 32.2. The lowest BCUT2D eigenvalue weighted by atomic mass is 10.1. The van der Waals surface area contributed by atoms with Gasteiger partial charge in [-0.15, -0.1) is 0 Å². The molecule has 0 atom stereocenters. The number of aliphatic imine (C=N–C) groups is 1. The van der Waals surface area contributed by atoms with E-state index in [1.807, 2.05) is 24.3 Å². The molecule has 0 aliphatic heterocycles. The SMILES string of the molecule is CN=C(NCc1ccc(CS(C)(=O)=O)cc1)NCc1ccc(C)cc1OC1CCCC1. The van der Waals surface area contributed by atoms with Crippen molar-refractivity contribution in [3.63, 3.8) is 0 Å².